The molecule has 0 radical (unpaired) electrons. The molecule has 5 nitrogen and oxygen atoms in total. The highest BCUT2D eigenvalue weighted by Gasteiger charge is 2.16. The Bertz CT molecular complexity index is 473. The van der Waals surface area contributed by atoms with Gasteiger partial charge in [0, 0.05) is 31.1 Å². The monoisotopic (exact) mass is 280 g/mol. The molecule has 2 rings (SSSR count). The minimum Gasteiger partial charge on any atom is -0.478 e. The number of hydrogen-bond acceptors (Lipinski definition) is 3. The number of carbonyl (C=O) groups excluding carboxylic acids is 1. The fourth-order valence-electron chi connectivity index (χ4n) is 1.87. The van der Waals surface area contributed by atoms with Gasteiger partial charge in [0.05, 0.1) is 5.56 Å². The van der Waals surface area contributed by atoms with Crippen LogP contribution in [-0.2, 0) is 6.54 Å². The van der Waals surface area contributed by atoms with Gasteiger partial charge < -0.3 is 15.3 Å². The van der Waals surface area contributed by atoms with Crippen LogP contribution >= 0.6 is 11.8 Å². The molecule has 19 heavy (non-hydrogen) atoms. The van der Waals surface area contributed by atoms with Crippen LogP contribution in [0.25, 0.3) is 0 Å². The van der Waals surface area contributed by atoms with E-state index in [1.165, 1.54) is 6.07 Å². The number of hydrogen-bond donors (Lipinski definition) is 2. The number of aromatic carboxylic acids is 1. The number of urea groups is 1. The zero-order chi connectivity index (χ0) is 13.7. The SMILES string of the molecule is O=C(O)c1cccc(CNC(=O)N2CCSCC2)c1. The molecule has 1 saturated heterocycles. The lowest BCUT2D eigenvalue weighted by atomic mass is 10.1. The summed E-state index contributed by atoms with van der Waals surface area (Å²) in [6.45, 7) is 1.89. The van der Waals surface area contributed by atoms with Crippen LogP contribution in [0.15, 0.2) is 24.3 Å². The van der Waals surface area contributed by atoms with E-state index in [9.17, 15) is 9.59 Å². The third-order valence-corrected chi connectivity index (χ3v) is 3.86. The van der Waals surface area contributed by atoms with Crippen LogP contribution in [0.2, 0.25) is 0 Å². The first-order valence-corrected chi connectivity index (χ1v) is 7.25. The number of thioether (sulfide) groups is 1. The molecular formula is C13H16N2O3S. The lowest BCUT2D eigenvalue weighted by Gasteiger charge is -2.26. The molecule has 102 valence electrons. The van der Waals surface area contributed by atoms with Crippen molar-refractivity contribution < 1.29 is 14.7 Å². The van der Waals surface area contributed by atoms with Gasteiger partial charge >= 0.3 is 12.0 Å². The predicted molar refractivity (Wildman–Crippen MR) is 74.5 cm³/mol. The number of carboxylic acids is 1. The van der Waals surface area contributed by atoms with Crippen LogP contribution in [0, 0.1) is 0 Å². The summed E-state index contributed by atoms with van der Waals surface area (Å²) in [5.41, 5.74) is 1.03. The van der Waals surface area contributed by atoms with E-state index in [2.05, 4.69) is 5.32 Å². The zero-order valence-corrected chi connectivity index (χ0v) is 11.3. The fourth-order valence-corrected chi connectivity index (χ4v) is 2.77. The summed E-state index contributed by atoms with van der Waals surface area (Å²) in [4.78, 5) is 24.5. The van der Waals surface area contributed by atoms with Crippen molar-refractivity contribution in [2.24, 2.45) is 0 Å². The summed E-state index contributed by atoms with van der Waals surface area (Å²) in [6, 6.07) is 6.52. The lowest BCUT2D eigenvalue weighted by molar-refractivity contribution is 0.0696. The number of benzene rings is 1. The molecule has 1 aliphatic heterocycles. The van der Waals surface area contributed by atoms with Gasteiger partial charge in [-0.3, -0.25) is 0 Å². The average Bonchev–Trinajstić information content (AvgIpc) is 2.46. The van der Waals surface area contributed by atoms with Crippen LogP contribution in [0.5, 0.6) is 0 Å². The van der Waals surface area contributed by atoms with Crippen molar-refractivity contribution in [1.82, 2.24) is 10.2 Å². The molecule has 0 bridgehead atoms. The molecule has 1 fully saturated rings. The van der Waals surface area contributed by atoms with Crippen molar-refractivity contribution in [3.05, 3.63) is 35.4 Å². The van der Waals surface area contributed by atoms with E-state index in [4.69, 9.17) is 5.11 Å². The van der Waals surface area contributed by atoms with E-state index in [0.717, 1.165) is 30.2 Å². The standard InChI is InChI=1S/C13H16N2O3S/c16-12(17)11-3-1-2-10(8-11)9-14-13(18)15-4-6-19-7-5-15/h1-3,8H,4-7,9H2,(H,14,18)(H,16,17). The number of carboxylic acid groups (broad SMARTS) is 1. The van der Waals surface area contributed by atoms with Gasteiger partial charge in [-0.25, -0.2) is 9.59 Å². The maximum atomic E-state index is 11.9. The van der Waals surface area contributed by atoms with Crippen molar-refractivity contribution >= 4 is 23.8 Å². The summed E-state index contributed by atoms with van der Waals surface area (Å²) in [7, 11) is 0. The van der Waals surface area contributed by atoms with Gasteiger partial charge in [0.1, 0.15) is 0 Å². The molecule has 0 unspecified atom stereocenters. The Hall–Kier alpha value is -1.69. The topological polar surface area (TPSA) is 69.6 Å². The van der Waals surface area contributed by atoms with Gasteiger partial charge in [-0.15, -0.1) is 0 Å². The molecule has 6 heteroatoms. The minimum atomic E-state index is -0.957. The van der Waals surface area contributed by atoms with Gasteiger partial charge in [-0.2, -0.15) is 11.8 Å². The molecule has 0 aromatic heterocycles. The summed E-state index contributed by atoms with van der Waals surface area (Å²) in [5.74, 6) is 0.991. The second-order valence-corrected chi connectivity index (χ2v) is 5.49. The molecule has 0 atom stereocenters. The predicted octanol–water partition coefficient (Wildman–Crippen LogP) is 1.64. The number of rotatable bonds is 3. The Kier molecular flexibility index (Phi) is 4.68. The highest BCUT2D eigenvalue weighted by atomic mass is 32.2. The zero-order valence-electron chi connectivity index (χ0n) is 10.5. The Morgan fingerprint density at radius 1 is 1.32 bits per heavy atom. The number of nitrogens with one attached hydrogen (secondary N) is 1. The molecule has 1 heterocycles. The van der Waals surface area contributed by atoms with Crippen LogP contribution < -0.4 is 5.32 Å². The van der Waals surface area contributed by atoms with Crippen LogP contribution in [0.3, 0.4) is 0 Å². The molecule has 1 aromatic rings. The Balaban J connectivity index is 1.89. The van der Waals surface area contributed by atoms with E-state index in [0.29, 0.717) is 6.54 Å². The molecule has 0 spiro atoms. The number of nitrogens with zero attached hydrogens (tertiary/aromatic N) is 1. The van der Waals surface area contributed by atoms with E-state index in [-0.39, 0.29) is 11.6 Å². The Morgan fingerprint density at radius 3 is 2.74 bits per heavy atom. The molecule has 0 saturated carbocycles. The van der Waals surface area contributed by atoms with Crippen molar-refractivity contribution in [1.29, 1.82) is 0 Å². The summed E-state index contributed by atoms with van der Waals surface area (Å²) < 4.78 is 0. The van der Waals surface area contributed by atoms with Crippen molar-refractivity contribution in [2.75, 3.05) is 24.6 Å². The maximum Gasteiger partial charge on any atom is 0.335 e. The summed E-state index contributed by atoms with van der Waals surface area (Å²) in [5, 5.41) is 11.7. The third-order valence-electron chi connectivity index (χ3n) is 2.92. The van der Waals surface area contributed by atoms with Gasteiger partial charge in [-0.05, 0) is 17.7 Å². The van der Waals surface area contributed by atoms with Crippen LogP contribution in [0.4, 0.5) is 4.79 Å². The summed E-state index contributed by atoms with van der Waals surface area (Å²) in [6.07, 6.45) is 0. The van der Waals surface area contributed by atoms with E-state index in [1.807, 2.05) is 11.8 Å². The lowest BCUT2D eigenvalue weighted by Crippen LogP contribution is -2.44. The first kappa shape index (κ1) is 13.7. The number of amides is 2. The number of carbonyl (C=O) groups is 2. The normalized spacial score (nSPS) is 15.1. The molecule has 2 amide bonds. The Morgan fingerprint density at radius 2 is 2.05 bits per heavy atom. The first-order chi connectivity index (χ1) is 9.16. The molecule has 1 aliphatic rings. The smallest absolute Gasteiger partial charge is 0.335 e. The van der Waals surface area contributed by atoms with E-state index in [1.54, 1.807) is 23.1 Å². The Labute approximate surface area is 116 Å². The first-order valence-electron chi connectivity index (χ1n) is 6.09. The van der Waals surface area contributed by atoms with Crippen molar-refractivity contribution in [3.8, 4) is 0 Å². The van der Waals surface area contributed by atoms with Crippen molar-refractivity contribution in [2.45, 2.75) is 6.54 Å². The van der Waals surface area contributed by atoms with Crippen LogP contribution in [0.1, 0.15) is 15.9 Å². The fraction of sp³-hybridized carbons (Fsp3) is 0.385. The van der Waals surface area contributed by atoms with Crippen molar-refractivity contribution in [3.63, 3.8) is 0 Å². The highest BCUT2D eigenvalue weighted by Crippen LogP contribution is 2.09. The summed E-state index contributed by atoms with van der Waals surface area (Å²) >= 11 is 1.85. The van der Waals surface area contributed by atoms with Crippen LogP contribution in [-0.4, -0.2) is 46.6 Å². The molecule has 2 N–H and O–H groups in total. The van der Waals surface area contributed by atoms with Gasteiger partial charge in [0.2, 0.25) is 0 Å². The quantitative estimate of drug-likeness (QED) is 0.883. The molecular weight excluding hydrogens is 264 g/mol. The minimum absolute atomic E-state index is 0.0824. The maximum absolute atomic E-state index is 11.9. The largest absolute Gasteiger partial charge is 0.478 e. The van der Waals surface area contributed by atoms with Gasteiger partial charge in [0.15, 0.2) is 0 Å². The average molecular weight is 280 g/mol. The van der Waals surface area contributed by atoms with E-state index >= 15 is 0 Å². The third kappa shape index (κ3) is 3.89. The molecule has 0 aliphatic carbocycles. The highest BCUT2D eigenvalue weighted by molar-refractivity contribution is 7.99. The second-order valence-electron chi connectivity index (χ2n) is 4.26. The second kappa shape index (κ2) is 6.47. The van der Waals surface area contributed by atoms with Gasteiger partial charge in [-0.1, -0.05) is 12.1 Å². The van der Waals surface area contributed by atoms with E-state index < -0.39 is 5.97 Å². The molecule has 1 aromatic carbocycles. The van der Waals surface area contributed by atoms with Gasteiger partial charge in [0.25, 0.3) is 0 Å².